The van der Waals surface area contributed by atoms with Gasteiger partial charge in [-0.15, -0.1) is 0 Å². The van der Waals surface area contributed by atoms with Crippen molar-refractivity contribution >= 4 is 28.5 Å². The smallest absolute Gasteiger partial charge is 0.226 e. The summed E-state index contributed by atoms with van der Waals surface area (Å²) in [7, 11) is 1.66. The molecule has 8 heteroatoms. The summed E-state index contributed by atoms with van der Waals surface area (Å²) in [5, 5.41) is 8.99. The molecule has 0 radical (unpaired) electrons. The standard InChI is InChI=1S/C26H29ClN6O/c1-34-22-11-9-19(10-12-22)15-28-24-23-16-29-33(25(23)31-26(27)30-24)18-21-7-5-20(6-8-21)17-32-13-3-2-4-14-32/h5-12,16H,2-4,13-15,17-18H2,1H3,(H,28,30,31). The summed E-state index contributed by atoms with van der Waals surface area (Å²) in [5.41, 5.74) is 4.36. The lowest BCUT2D eigenvalue weighted by molar-refractivity contribution is 0.221. The number of halogens is 1. The fourth-order valence-corrected chi connectivity index (χ4v) is 4.57. The Bertz CT molecular complexity index is 1230. The van der Waals surface area contributed by atoms with E-state index in [1.54, 1.807) is 13.3 Å². The minimum Gasteiger partial charge on any atom is -0.497 e. The van der Waals surface area contributed by atoms with Crippen LogP contribution < -0.4 is 10.1 Å². The summed E-state index contributed by atoms with van der Waals surface area (Å²) in [4.78, 5) is 11.4. The van der Waals surface area contributed by atoms with Crippen molar-refractivity contribution < 1.29 is 4.74 Å². The van der Waals surface area contributed by atoms with E-state index in [0.29, 0.717) is 18.9 Å². The van der Waals surface area contributed by atoms with E-state index >= 15 is 0 Å². The van der Waals surface area contributed by atoms with Gasteiger partial charge in [-0.2, -0.15) is 15.1 Å². The van der Waals surface area contributed by atoms with Crippen molar-refractivity contribution in [2.24, 2.45) is 0 Å². The van der Waals surface area contributed by atoms with Gasteiger partial charge in [-0.05, 0) is 66.4 Å². The molecule has 1 N–H and O–H groups in total. The van der Waals surface area contributed by atoms with Gasteiger partial charge in [0.2, 0.25) is 5.28 Å². The van der Waals surface area contributed by atoms with Crippen LogP contribution in [-0.2, 0) is 19.6 Å². The van der Waals surface area contributed by atoms with Crippen LogP contribution >= 0.6 is 11.6 Å². The number of piperidine rings is 1. The van der Waals surface area contributed by atoms with Gasteiger partial charge in [0.05, 0.1) is 25.2 Å². The third kappa shape index (κ3) is 5.32. The Hall–Kier alpha value is -3.16. The van der Waals surface area contributed by atoms with E-state index in [0.717, 1.165) is 28.9 Å². The van der Waals surface area contributed by atoms with Gasteiger partial charge in [0.1, 0.15) is 11.6 Å². The molecule has 34 heavy (non-hydrogen) atoms. The normalized spacial score (nSPS) is 14.4. The Morgan fingerprint density at radius 2 is 1.56 bits per heavy atom. The molecule has 0 spiro atoms. The molecule has 0 bridgehead atoms. The number of ether oxygens (including phenoxy) is 1. The monoisotopic (exact) mass is 476 g/mol. The minimum absolute atomic E-state index is 0.198. The highest BCUT2D eigenvalue weighted by Crippen LogP contribution is 2.24. The Morgan fingerprint density at radius 1 is 0.882 bits per heavy atom. The van der Waals surface area contributed by atoms with Gasteiger partial charge in [-0.25, -0.2) is 4.68 Å². The lowest BCUT2D eigenvalue weighted by atomic mass is 10.1. The molecule has 0 unspecified atom stereocenters. The first-order valence-corrected chi connectivity index (χ1v) is 12.1. The third-order valence-corrected chi connectivity index (χ3v) is 6.47. The third-order valence-electron chi connectivity index (χ3n) is 6.30. The molecule has 176 valence electrons. The van der Waals surface area contributed by atoms with E-state index < -0.39 is 0 Å². The molecule has 0 atom stereocenters. The van der Waals surface area contributed by atoms with E-state index in [9.17, 15) is 0 Å². The number of methoxy groups -OCH3 is 1. The summed E-state index contributed by atoms with van der Waals surface area (Å²) in [6, 6.07) is 16.7. The van der Waals surface area contributed by atoms with Gasteiger partial charge in [-0.3, -0.25) is 4.90 Å². The van der Waals surface area contributed by atoms with Crippen LogP contribution in [0.3, 0.4) is 0 Å². The molecule has 1 aliphatic heterocycles. The number of rotatable bonds is 8. The minimum atomic E-state index is 0.198. The molecule has 0 aliphatic carbocycles. The zero-order valence-electron chi connectivity index (χ0n) is 19.4. The average molecular weight is 477 g/mol. The van der Waals surface area contributed by atoms with Gasteiger partial charge >= 0.3 is 0 Å². The summed E-state index contributed by atoms with van der Waals surface area (Å²) in [5.74, 6) is 1.51. The van der Waals surface area contributed by atoms with Gasteiger partial charge in [-0.1, -0.05) is 42.8 Å². The molecule has 2 aromatic heterocycles. The SMILES string of the molecule is COc1ccc(CNc2nc(Cl)nc3c2cnn3Cc2ccc(CN3CCCCC3)cc2)cc1. The van der Waals surface area contributed by atoms with Gasteiger partial charge < -0.3 is 10.1 Å². The average Bonchev–Trinajstić information content (AvgIpc) is 3.27. The molecule has 0 saturated carbocycles. The number of fused-ring (bicyclic) bond motifs is 1. The van der Waals surface area contributed by atoms with Gasteiger partial charge in [0.25, 0.3) is 0 Å². The molecular formula is C26H29ClN6O. The van der Waals surface area contributed by atoms with Crippen LogP contribution in [0.25, 0.3) is 11.0 Å². The van der Waals surface area contributed by atoms with Crippen LogP contribution in [-0.4, -0.2) is 44.8 Å². The van der Waals surface area contributed by atoms with Gasteiger partial charge in [0.15, 0.2) is 5.65 Å². The number of hydrogen-bond donors (Lipinski definition) is 1. The second kappa shape index (κ2) is 10.4. The zero-order valence-corrected chi connectivity index (χ0v) is 20.1. The summed E-state index contributed by atoms with van der Waals surface area (Å²) < 4.78 is 7.10. The number of likely N-dealkylation sites (tertiary alicyclic amines) is 1. The molecule has 4 aromatic rings. The first-order valence-electron chi connectivity index (χ1n) is 11.7. The van der Waals surface area contributed by atoms with Crippen molar-refractivity contribution in [2.45, 2.75) is 38.9 Å². The van der Waals surface area contributed by atoms with Crippen LogP contribution in [0.4, 0.5) is 5.82 Å². The van der Waals surface area contributed by atoms with Crippen LogP contribution in [0.2, 0.25) is 5.28 Å². The predicted molar refractivity (Wildman–Crippen MR) is 135 cm³/mol. The molecular weight excluding hydrogens is 448 g/mol. The summed E-state index contributed by atoms with van der Waals surface area (Å²) in [6.45, 7) is 4.67. The number of anilines is 1. The lowest BCUT2D eigenvalue weighted by Crippen LogP contribution is -2.29. The van der Waals surface area contributed by atoms with E-state index in [2.05, 4.69) is 49.5 Å². The lowest BCUT2D eigenvalue weighted by Gasteiger charge is -2.26. The van der Waals surface area contributed by atoms with Crippen molar-refractivity contribution in [3.8, 4) is 5.75 Å². The first-order chi connectivity index (χ1) is 16.7. The van der Waals surface area contributed by atoms with E-state index in [1.165, 1.54) is 43.5 Å². The maximum Gasteiger partial charge on any atom is 0.226 e. The van der Waals surface area contributed by atoms with Crippen LogP contribution in [0.15, 0.2) is 54.7 Å². The van der Waals surface area contributed by atoms with Crippen LogP contribution in [0.1, 0.15) is 36.0 Å². The maximum absolute atomic E-state index is 6.27. The molecule has 2 aromatic carbocycles. The number of benzene rings is 2. The zero-order chi connectivity index (χ0) is 23.3. The van der Waals surface area contributed by atoms with Crippen molar-refractivity contribution in [1.29, 1.82) is 0 Å². The Morgan fingerprint density at radius 3 is 2.26 bits per heavy atom. The summed E-state index contributed by atoms with van der Waals surface area (Å²) in [6.07, 6.45) is 5.78. The van der Waals surface area contributed by atoms with Crippen molar-refractivity contribution in [1.82, 2.24) is 24.6 Å². The first kappa shape index (κ1) is 22.6. The van der Waals surface area contributed by atoms with E-state index in [4.69, 9.17) is 16.3 Å². The number of nitrogens with zero attached hydrogens (tertiary/aromatic N) is 5. The summed E-state index contributed by atoms with van der Waals surface area (Å²) >= 11 is 6.27. The Labute approximate surface area is 204 Å². The highest BCUT2D eigenvalue weighted by Gasteiger charge is 2.14. The van der Waals surface area contributed by atoms with Crippen molar-refractivity contribution in [3.63, 3.8) is 0 Å². The quantitative estimate of drug-likeness (QED) is 0.355. The highest BCUT2D eigenvalue weighted by molar-refractivity contribution is 6.28. The van der Waals surface area contributed by atoms with Gasteiger partial charge in [0, 0.05) is 13.1 Å². The van der Waals surface area contributed by atoms with Crippen molar-refractivity contribution in [2.75, 3.05) is 25.5 Å². The topological polar surface area (TPSA) is 68.1 Å². The second-order valence-corrected chi connectivity index (χ2v) is 9.07. The van der Waals surface area contributed by atoms with Crippen LogP contribution in [0, 0.1) is 0 Å². The molecule has 1 aliphatic rings. The molecule has 0 amide bonds. The number of hydrogen-bond acceptors (Lipinski definition) is 6. The second-order valence-electron chi connectivity index (χ2n) is 8.74. The van der Waals surface area contributed by atoms with E-state index in [1.807, 2.05) is 28.9 Å². The molecule has 1 fully saturated rings. The molecule has 3 heterocycles. The predicted octanol–water partition coefficient (Wildman–Crippen LogP) is 5.13. The Balaban J connectivity index is 1.29. The molecule has 7 nitrogen and oxygen atoms in total. The number of aromatic nitrogens is 4. The fraction of sp³-hybridized carbons (Fsp3) is 0.346. The number of nitrogens with one attached hydrogen (secondary N) is 1. The largest absolute Gasteiger partial charge is 0.497 e. The maximum atomic E-state index is 6.27. The molecule has 1 saturated heterocycles. The van der Waals surface area contributed by atoms with E-state index in [-0.39, 0.29) is 5.28 Å². The van der Waals surface area contributed by atoms with Crippen molar-refractivity contribution in [3.05, 3.63) is 76.7 Å². The highest BCUT2D eigenvalue weighted by atomic mass is 35.5. The fourth-order valence-electron chi connectivity index (χ4n) is 4.41. The Kier molecular flexibility index (Phi) is 6.92. The van der Waals surface area contributed by atoms with Crippen LogP contribution in [0.5, 0.6) is 5.75 Å². The molecule has 5 rings (SSSR count).